The van der Waals surface area contributed by atoms with Gasteiger partial charge in [0.25, 0.3) is 0 Å². The maximum Gasteiger partial charge on any atom is 0.238 e. The number of rotatable bonds is 3. The molecule has 0 unspecified atom stereocenters. The Labute approximate surface area is 138 Å². The lowest BCUT2D eigenvalue weighted by Gasteiger charge is -2.26. The van der Waals surface area contributed by atoms with Gasteiger partial charge in [-0.05, 0) is 47.7 Å². The van der Waals surface area contributed by atoms with Gasteiger partial charge in [0.2, 0.25) is 5.91 Å². The van der Waals surface area contributed by atoms with Crippen molar-refractivity contribution in [3.05, 3.63) is 58.4 Å². The van der Waals surface area contributed by atoms with Gasteiger partial charge in [0.05, 0.1) is 17.7 Å². The number of benzene rings is 1. The van der Waals surface area contributed by atoms with E-state index in [0.29, 0.717) is 6.54 Å². The molecule has 23 heavy (non-hydrogen) atoms. The molecule has 2 aromatic heterocycles. The minimum absolute atomic E-state index is 0.0278. The first kappa shape index (κ1) is 14.4. The molecule has 1 amide bonds. The predicted octanol–water partition coefficient (Wildman–Crippen LogP) is 3.29. The van der Waals surface area contributed by atoms with Gasteiger partial charge in [-0.2, -0.15) is 0 Å². The van der Waals surface area contributed by atoms with Crippen molar-refractivity contribution < 1.29 is 4.79 Å². The van der Waals surface area contributed by atoms with Crippen molar-refractivity contribution in [3.8, 4) is 0 Å². The summed E-state index contributed by atoms with van der Waals surface area (Å²) in [6.45, 7) is 2.23. The van der Waals surface area contributed by atoms with Gasteiger partial charge < -0.3 is 5.32 Å². The lowest BCUT2D eigenvalue weighted by Crippen LogP contribution is -2.36. The quantitative estimate of drug-likeness (QED) is 0.804. The van der Waals surface area contributed by atoms with E-state index in [4.69, 9.17) is 0 Å². The van der Waals surface area contributed by atoms with Crippen LogP contribution < -0.4 is 5.32 Å². The number of pyridine rings is 1. The zero-order valence-corrected chi connectivity index (χ0v) is 13.5. The van der Waals surface area contributed by atoms with Gasteiger partial charge in [-0.1, -0.05) is 6.07 Å². The zero-order chi connectivity index (χ0) is 15.6. The predicted molar refractivity (Wildman–Crippen MR) is 93.7 cm³/mol. The van der Waals surface area contributed by atoms with Crippen molar-refractivity contribution >= 4 is 33.8 Å². The summed E-state index contributed by atoms with van der Waals surface area (Å²) in [6.07, 6.45) is 2.80. The van der Waals surface area contributed by atoms with Gasteiger partial charge in [-0.25, -0.2) is 0 Å². The number of nitrogens with one attached hydrogen (secondary N) is 1. The second-order valence-electron chi connectivity index (χ2n) is 5.75. The molecule has 3 heterocycles. The number of anilines is 1. The molecule has 4 rings (SSSR count). The van der Waals surface area contributed by atoms with E-state index in [1.54, 1.807) is 6.20 Å². The molecule has 3 aromatic rings. The fraction of sp³-hybridized carbons (Fsp3) is 0.222. The molecule has 1 N–H and O–H groups in total. The van der Waals surface area contributed by atoms with Crippen LogP contribution in [-0.4, -0.2) is 28.9 Å². The molecule has 4 nitrogen and oxygen atoms in total. The minimum Gasteiger partial charge on any atom is -0.324 e. The topological polar surface area (TPSA) is 45.2 Å². The molecule has 1 aliphatic rings. The summed E-state index contributed by atoms with van der Waals surface area (Å²) in [4.78, 5) is 20.4. The van der Waals surface area contributed by atoms with Crippen LogP contribution >= 0.6 is 11.3 Å². The van der Waals surface area contributed by atoms with Gasteiger partial charge in [0, 0.05) is 29.5 Å². The fourth-order valence-corrected chi connectivity index (χ4v) is 3.94. The second kappa shape index (κ2) is 6.10. The first-order valence-corrected chi connectivity index (χ1v) is 8.59. The molecule has 0 radical (unpaired) electrons. The molecule has 0 fully saturated rings. The summed E-state index contributed by atoms with van der Waals surface area (Å²) >= 11 is 1.82. The van der Waals surface area contributed by atoms with Gasteiger partial charge >= 0.3 is 0 Å². The number of amides is 1. The third-order valence-corrected chi connectivity index (χ3v) is 5.20. The molecule has 0 spiro atoms. The highest BCUT2D eigenvalue weighted by molar-refractivity contribution is 7.10. The van der Waals surface area contributed by atoms with Crippen LogP contribution in [0.3, 0.4) is 0 Å². The Kier molecular flexibility index (Phi) is 3.81. The highest BCUT2D eigenvalue weighted by Crippen LogP contribution is 2.24. The van der Waals surface area contributed by atoms with Crippen LogP contribution in [0.25, 0.3) is 10.9 Å². The minimum atomic E-state index is 0.0278. The van der Waals surface area contributed by atoms with E-state index in [0.717, 1.165) is 36.1 Å². The van der Waals surface area contributed by atoms with Crippen molar-refractivity contribution in [2.24, 2.45) is 0 Å². The Hall–Kier alpha value is -2.24. The van der Waals surface area contributed by atoms with Crippen LogP contribution in [-0.2, 0) is 17.8 Å². The van der Waals surface area contributed by atoms with Crippen LogP contribution in [0.1, 0.15) is 10.4 Å². The normalized spacial score (nSPS) is 14.6. The molecule has 0 saturated heterocycles. The number of thiophene rings is 1. The van der Waals surface area contributed by atoms with Crippen LogP contribution in [0.15, 0.2) is 48.0 Å². The number of hydrogen-bond donors (Lipinski definition) is 1. The molecule has 0 aliphatic carbocycles. The Morgan fingerprint density at radius 1 is 1.26 bits per heavy atom. The largest absolute Gasteiger partial charge is 0.324 e. The monoisotopic (exact) mass is 323 g/mol. The Morgan fingerprint density at radius 3 is 3.17 bits per heavy atom. The molecule has 116 valence electrons. The summed E-state index contributed by atoms with van der Waals surface area (Å²) < 4.78 is 0. The third kappa shape index (κ3) is 2.98. The number of carbonyl (C=O) groups is 1. The molecule has 0 saturated carbocycles. The number of nitrogens with zero attached hydrogens (tertiary/aromatic N) is 2. The summed E-state index contributed by atoms with van der Waals surface area (Å²) in [5.74, 6) is 0.0278. The molecule has 5 heteroatoms. The maximum atomic E-state index is 12.4. The second-order valence-corrected chi connectivity index (χ2v) is 6.75. The molecular weight excluding hydrogens is 306 g/mol. The van der Waals surface area contributed by atoms with Crippen molar-refractivity contribution in [1.82, 2.24) is 9.88 Å². The molecule has 1 aliphatic heterocycles. The lowest BCUT2D eigenvalue weighted by atomic mass is 10.1. The van der Waals surface area contributed by atoms with Gasteiger partial charge in [0.1, 0.15) is 0 Å². The standard InChI is InChI=1S/C18H17N3OS/c22-18(12-21-9-6-17-13(11-21)7-10-23-17)20-16-5-1-4-15-14(16)3-2-8-19-15/h1-5,7-8,10H,6,9,11-12H2,(H,20,22). The van der Waals surface area contributed by atoms with Crippen LogP contribution in [0.4, 0.5) is 5.69 Å². The third-order valence-electron chi connectivity index (χ3n) is 4.17. The van der Waals surface area contributed by atoms with Gasteiger partial charge in [0.15, 0.2) is 0 Å². The van der Waals surface area contributed by atoms with E-state index in [-0.39, 0.29) is 5.91 Å². The van der Waals surface area contributed by atoms with Crippen molar-refractivity contribution in [2.45, 2.75) is 13.0 Å². The Bertz CT molecular complexity index is 853. The van der Waals surface area contributed by atoms with Crippen molar-refractivity contribution in [2.75, 3.05) is 18.4 Å². The summed E-state index contributed by atoms with van der Waals surface area (Å²) in [7, 11) is 0. The van der Waals surface area contributed by atoms with E-state index < -0.39 is 0 Å². The first-order valence-electron chi connectivity index (χ1n) is 7.71. The van der Waals surface area contributed by atoms with Gasteiger partial charge in [-0.15, -0.1) is 11.3 Å². The molecule has 0 bridgehead atoms. The molecule has 0 atom stereocenters. The zero-order valence-electron chi connectivity index (χ0n) is 12.7. The van der Waals surface area contributed by atoms with E-state index in [1.807, 2.05) is 41.7 Å². The highest BCUT2D eigenvalue weighted by Gasteiger charge is 2.19. The smallest absolute Gasteiger partial charge is 0.238 e. The van der Waals surface area contributed by atoms with Crippen LogP contribution in [0.5, 0.6) is 0 Å². The van der Waals surface area contributed by atoms with Crippen molar-refractivity contribution in [3.63, 3.8) is 0 Å². The highest BCUT2D eigenvalue weighted by atomic mass is 32.1. The number of aromatic nitrogens is 1. The number of hydrogen-bond acceptors (Lipinski definition) is 4. The maximum absolute atomic E-state index is 12.4. The SMILES string of the molecule is O=C(CN1CCc2sccc2C1)Nc1cccc2ncccc12. The Balaban J connectivity index is 1.46. The van der Waals surface area contributed by atoms with Crippen molar-refractivity contribution in [1.29, 1.82) is 0 Å². The van der Waals surface area contributed by atoms with Crippen LogP contribution in [0.2, 0.25) is 0 Å². The van der Waals surface area contributed by atoms with Crippen LogP contribution in [0, 0.1) is 0 Å². The van der Waals surface area contributed by atoms with E-state index in [1.165, 1.54) is 10.4 Å². The average molecular weight is 323 g/mol. The summed E-state index contributed by atoms with van der Waals surface area (Å²) in [6, 6.07) is 11.8. The Morgan fingerprint density at radius 2 is 2.22 bits per heavy atom. The van der Waals surface area contributed by atoms with Gasteiger partial charge in [-0.3, -0.25) is 14.7 Å². The summed E-state index contributed by atoms with van der Waals surface area (Å²) in [5.41, 5.74) is 3.09. The summed E-state index contributed by atoms with van der Waals surface area (Å²) in [5, 5.41) is 6.14. The molecule has 1 aromatic carbocycles. The van der Waals surface area contributed by atoms with E-state index in [2.05, 4.69) is 26.6 Å². The average Bonchev–Trinajstić information content (AvgIpc) is 3.03. The lowest BCUT2D eigenvalue weighted by molar-refractivity contribution is -0.117. The first-order chi connectivity index (χ1) is 11.3. The molecular formula is C18H17N3OS. The number of fused-ring (bicyclic) bond motifs is 2. The van der Waals surface area contributed by atoms with E-state index >= 15 is 0 Å². The van der Waals surface area contributed by atoms with E-state index in [9.17, 15) is 4.79 Å². The number of carbonyl (C=O) groups excluding carboxylic acids is 1. The fourth-order valence-electron chi connectivity index (χ4n) is 3.05.